The first-order chi connectivity index (χ1) is 9.29. The van der Waals surface area contributed by atoms with Crippen LogP contribution in [0.25, 0.3) is 0 Å². The zero-order valence-corrected chi connectivity index (χ0v) is 11.1. The molecular formula is C16H20O3. The second kappa shape index (κ2) is 7.07. The third-order valence-corrected chi connectivity index (χ3v) is 3.83. The van der Waals surface area contributed by atoms with Crippen LogP contribution >= 0.6 is 0 Å². The summed E-state index contributed by atoms with van der Waals surface area (Å²) in [5, 5.41) is 0. The molecule has 1 fully saturated rings. The second-order valence-electron chi connectivity index (χ2n) is 5.21. The zero-order chi connectivity index (χ0) is 13.5. The topological polar surface area (TPSA) is 43.4 Å². The van der Waals surface area contributed by atoms with Crippen LogP contribution in [0.3, 0.4) is 0 Å². The molecule has 0 amide bonds. The molecule has 0 spiro atoms. The molecule has 1 aliphatic carbocycles. The Kier molecular flexibility index (Phi) is 5.13. The van der Waals surface area contributed by atoms with Crippen LogP contribution in [-0.4, -0.2) is 12.3 Å². The van der Waals surface area contributed by atoms with Crippen molar-refractivity contribution in [2.24, 2.45) is 11.8 Å². The van der Waals surface area contributed by atoms with Crippen molar-refractivity contribution in [1.29, 1.82) is 0 Å². The molecule has 2 rings (SSSR count). The highest BCUT2D eigenvalue weighted by atomic mass is 16.5. The van der Waals surface area contributed by atoms with E-state index in [9.17, 15) is 9.59 Å². The minimum Gasteiger partial charge on any atom is -0.461 e. The van der Waals surface area contributed by atoms with Gasteiger partial charge >= 0.3 is 5.97 Å². The molecule has 0 heterocycles. The van der Waals surface area contributed by atoms with Crippen LogP contribution in [0, 0.1) is 11.8 Å². The van der Waals surface area contributed by atoms with Gasteiger partial charge in [-0.2, -0.15) is 0 Å². The van der Waals surface area contributed by atoms with Crippen molar-refractivity contribution in [2.45, 2.75) is 38.7 Å². The molecule has 0 N–H and O–H groups in total. The van der Waals surface area contributed by atoms with E-state index in [1.165, 1.54) is 0 Å². The summed E-state index contributed by atoms with van der Waals surface area (Å²) in [6, 6.07) is 9.73. The van der Waals surface area contributed by atoms with Gasteiger partial charge in [0.15, 0.2) is 0 Å². The molecule has 0 aliphatic heterocycles. The minimum atomic E-state index is -0.0894. The van der Waals surface area contributed by atoms with Crippen LogP contribution in [0.2, 0.25) is 0 Å². The van der Waals surface area contributed by atoms with Crippen molar-refractivity contribution in [3.8, 4) is 0 Å². The van der Waals surface area contributed by atoms with Crippen LogP contribution in [-0.2, 0) is 20.9 Å². The van der Waals surface area contributed by atoms with Crippen molar-refractivity contribution < 1.29 is 14.3 Å². The summed E-state index contributed by atoms with van der Waals surface area (Å²) in [4.78, 5) is 22.4. The highest BCUT2D eigenvalue weighted by Gasteiger charge is 2.27. The Morgan fingerprint density at radius 2 is 1.84 bits per heavy atom. The van der Waals surface area contributed by atoms with E-state index in [0.29, 0.717) is 18.9 Å². The Hall–Kier alpha value is -1.64. The molecular weight excluding hydrogens is 240 g/mol. The first-order valence-electron chi connectivity index (χ1n) is 6.94. The highest BCUT2D eigenvalue weighted by molar-refractivity contribution is 5.72. The number of carbonyl (C=O) groups is 2. The summed E-state index contributed by atoms with van der Waals surface area (Å²) in [6.07, 6.45) is 5.25. The number of hydrogen-bond donors (Lipinski definition) is 0. The van der Waals surface area contributed by atoms with Gasteiger partial charge in [0.25, 0.3) is 0 Å². The molecule has 3 heteroatoms. The Morgan fingerprint density at radius 1 is 1.16 bits per heavy atom. The van der Waals surface area contributed by atoms with E-state index in [2.05, 4.69) is 0 Å². The molecule has 0 aromatic heterocycles. The molecule has 0 unspecified atom stereocenters. The molecule has 1 aromatic carbocycles. The Bertz CT molecular complexity index is 405. The maximum absolute atomic E-state index is 11.9. The van der Waals surface area contributed by atoms with Gasteiger partial charge in [0.2, 0.25) is 0 Å². The van der Waals surface area contributed by atoms with E-state index in [1.807, 2.05) is 30.3 Å². The monoisotopic (exact) mass is 260 g/mol. The summed E-state index contributed by atoms with van der Waals surface area (Å²) >= 11 is 0. The van der Waals surface area contributed by atoms with Crippen molar-refractivity contribution in [3.63, 3.8) is 0 Å². The van der Waals surface area contributed by atoms with Gasteiger partial charge in [0.05, 0.1) is 5.92 Å². The fraction of sp³-hybridized carbons (Fsp3) is 0.500. The van der Waals surface area contributed by atoms with Gasteiger partial charge in [0, 0.05) is 6.42 Å². The second-order valence-corrected chi connectivity index (χ2v) is 5.21. The molecule has 1 saturated carbocycles. The van der Waals surface area contributed by atoms with E-state index in [4.69, 9.17) is 4.74 Å². The summed E-state index contributed by atoms with van der Waals surface area (Å²) < 4.78 is 5.35. The molecule has 0 bridgehead atoms. The van der Waals surface area contributed by atoms with Crippen LogP contribution in [0.15, 0.2) is 30.3 Å². The fourth-order valence-corrected chi connectivity index (χ4v) is 2.62. The molecule has 0 saturated heterocycles. The number of rotatable bonds is 5. The lowest BCUT2D eigenvalue weighted by atomic mass is 9.81. The molecule has 1 aromatic rings. The third kappa shape index (κ3) is 4.19. The number of benzene rings is 1. The zero-order valence-electron chi connectivity index (χ0n) is 11.1. The van der Waals surface area contributed by atoms with E-state index in [0.717, 1.165) is 37.5 Å². The molecule has 102 valence electrons. The van der Waals surface area contributed by atoms with Crippen molar-refractivity contribution in [3.05, 3.63) is 35.9 Å². The van der Waals surface area contributed by atoms with Crippen LogP contribution in [0.1, 0.15) is 37.7 Å². The largest absolute Gasteiger partial charge is 0.461 e. The Morgan fingerprint density at radius 3 is 2.47 bits per heavy atom. The predicted molar refractivity (Wildman–Crippen MR) is 72.4 cm³/mol. The van der Waals surface area contributed by atoms with Crippen LogP contribution in [0.4, 0.5) is 0 Å². The van der Waals surface area contributed by atoms with E-state index >= 15 is 0 Å². The van der Waals surface area contributed by atoms with Crippen molar-refractivity contribution in [2.75, 3.05) is 0 Å². The van der Waals surface area contributed by atoms with Gasteiger partial charge in [-0.15, -0.1) is 0 Å². The number of hydrogen-bond acceptors (Lipinski definition) is 3. The number of aldehydes is 1. The number of esters is 1. The molecule has 3 nitrogen and oxygen atoms in total. The van der Waals surface area contributed by atoms with E-state index < -0.39 is 0 Å². The highest BCUT2D eigenvalue weighted by Crippen LogP contribution is 2.31. The summed E-state index contributed by atoms with van der Waals surface area (Å²) in [7, 11) is 0. The lowest BCUT2D eigenvalue weighted by molar-refractivity contribution is -0.151. The first kappa shape index (κ1) is 13.8. The fourth-order valence-electron chi connectivity index (χ4n) is 2.62. The maximum Gasteiger partial charge on any atom is 0.309 e. The quantitative estimate of drug-likeness (QED) is 0.603. The average molecular weight is 260 g/mol. The smallest absolute Gasteiger partial charge is 0.309 e. The molecule has 1 aliphatic rings. The molecule has 19 heavy (non-hydrogen) atoms. The van der Waals surface area contributed by atoms with E-state index in [1.54, 1.807) is 0 Å². The van der Waals surface area contributed by atoms with Crippen LogP contribution < -0.4 is 0 Å². The van der Waals surface area contributed by atoms with Gasteiger partial charge in [0.1, 0.15) is 12.9 Å². The van der Waals surface area contributed by atoms with Gasteiger partial charge in [-0.25, -0.2) is 0 Å². The summed E-state index contributed by atoms with van der Waals surface area (Å²) in [6.45, 7) is 0.355. The minimum absolute atomic E-state index is 0.0200. The molecule has 0 radical (unpaired) electrons. The van der Waals surface area contributed by atoms with Gasteiger partial charge < -0.3 is 9.53 Å². The first-order valence-corrected chi connectivity index (χ1v) is 6.94. The molecule has 0 atom stereocenters. The summed E-state index contributed by atoms with van der Waals surface area (Å²) in [5.41, 5.74) is 1.02. The van der Waals surface area contributed by atoms with Gasteiger partial charge in [-0.05, 0) is 37.2 Å². The average Bonchev–Trinajstić information content (AvgIpc) is 2.47. The van der Waals surface area contributed by atoms with Gasteiger partial charge in [-0.1, -0.05) is 30.3 Å². The lowest BCUT2D eigenvalue weighted by Crippen LogP contribution is -2.23. The van der Waals surface area contributed by atoms with Gasteiger partial charge in [-0.3, -0.25) is 4.79 Å². The Labute approximate surface area is 114 Å². The maximum atomic E-state index is 11.9. The van der Waals surface area contributed by atoms with Crippen molar-refractivity contribution in [1.82, 2.24) is 0 Å². The number of carbonyl (C=O) groups excluding carboxylic acids is 2. The predicted octanol–water partition coefficient (Wildman–Crippen LogP) is 3.13. The van der Waals surface area contributed by atoms with Crippen molar-refractivity contribution >= 4 is 12.3 Å². The van der Waals surface area contributed by atoms with Crippen LogP contribution in [0.5, 0.6) is 0 Å². The number of ether oxygens (including phenoxy) is 1. The lowest BCUT2D eigenvalue weighted by Gasteiger charge is -2.25. The SMILES string of the molecule is O=CC[C@H]1CC[C@H](C(=O)OCc2ccccc2)CC1. The summed E-state index contributed by atoms with van der Waals surface area (Å²) in [5.74, 6) is 0.399. The third-order valence-electron chi connectivity index (χ3n) is 3.83. The van der Waals surface area contributed by atoms with E-state index in [-0.39, 0.29) is 11.9 Å². The normalized spacial score (nSPS) is 22.7. The Balaban J connectivity index is 1.74. The standard InChI is InChI=1S/C16H20O3/c17-11-10-13-6-8-15(9-7-13)16(18)19-12-14-4-2-1-3-5-14/h1-5,11,13,15H,6-10,12H2/t13-,15-.